The van der Waals surface area contributed by atoms with E-state index in [9.17, 15) is 5.26 Å². The molecule has 0 saturated heterocycles. The quantitative estimate of drug-likeness (QED) is 0.446. The molecule has 27 heavy (non-hydrogen) atoms. The number of rotatable bonds is 5. The van der Waals surface area contributed by atoms with Crippen molar-refractivity contribution in [2.75, 3.05) is 0 Å². The summed E-state index contributed by atoms with van der Waals surface area (Å²) in [6.45, 7) is 4.31. The molecule has 0 aliphatic rings. The topological polar surface area (TPSA) is 80.5 Å². The molecule has 132 valence electrons. The van der Waals surface area contributed by atoms with Gasteiger partial charge in [0.1, 0.15) is 5.03 Å². The number of pyridine rings is 1. The number of allylic oxidation sites excluding steroid dienone is 1. The SMILES string of the molecule is C=CCn1c(Sc2cc(C#N)c3cc(Cl)ccc3n2)nnc1-c1ccco1. The van der Waals surface area contributed by atoms with E-state index in [1.54, 1.807) is 42.7 Å². The van der Waals surface area contributed by atoms with Crippen LogP contribution in [0.3, 0.4) is 0 Å². The van der Waals surface area contributed by atoms with Gasteiger partial charge in [0.05, 0.1) is 23.4 Å². The van der Waals surface area contributed by atoms with Crippen molar-refractivity contribution in [2.45, 2.75) is 16.7 Å². The maximum Gasteiger partial charge on any atom is 0.200 e. The first-order chi connectivity index (χ1) is 13.2. The number of benzene rings is 1. The fraction of sp³-hybridized carbons (Fsp3) is 0.0526. The zero-order valence-corrected chi connectivity index (χ0v) is 15.5. The van der Waals surface area contributed by atoms with Gasteiger partial charge in [-0.1, -0.05) is 17.7 Å². The van der Waals surface area contributed by atoms with Gasteiger partial charge in [0.15, 0.2) is 10.9 Å². The average molecular weight is 394 g/mol. The first-order valence-electron chi connectivity index (χ1n) is 7.96. The molecule has 3 heterocycles. The summed E-state index contributed by atoms with van der Waals surface area (Å²) in [4.78, 5) is 4.62. The molecule has 4 aromatic rings. The number of hydrogen-bond acceptors (Lipinski definition) is 6. The Morgan fingerprint density at radius 3 is 2.93 bits per heavy atom. The highest BCUT2D eigenvalue weighted by molar-refractivity contribution is 7.99. The molecule has 0 bridgehead atoms. The lowest BCUT2D eigenvalue weighted by molar-refractivity contribution is 0.569. The van der Waals surface area contributed by atoms with Crippen LogP contribution in [-0.2, 0) is 6.54 Å². The number of fused-ring (bicyclic) bond motifs is 1. The molecule has 0 unspecified atom stereocenters. The second kappa shape index (κ2) is 7.27. The molecule has 0 saturated carbocycles. The molecule has 0 atom stereocenters. The van der Waals surface area contributed by atoms with Gasteiger partial charge >= 0.3 is 0 Å². The third-order valence-corrected chi connectivity index (χ3v) is 4.97. The van der Waals surface area contributed by atoms with Crippen LogP contribution in [0.25, 0.3) is 22.5 Å². The molecule has 0 amide bonds. The molecule has 1 aromatic carbocycles. The van der Waals surface area contributed by atoms with Gasteiger partial charge in [-0.25, -0.2) is 4.98 Å². The van der Waals surface area contributed by atoms with E-state index in [-0.39, 0.29) is 0 Å². The number of aromatic nitrogens is 4. The monoisotopic (exact) mass is 393 g/mol. The summed E-state index contributed by atoms with van der Waals surface area (Å²) in [5.74, 6) is 1.23. The van der Waals surface area contributed by atoms with Gasteiger partial charge in [-0.2, -0.15) is 5.26 Å². The molecule has 4 rings (SSSR count). The van der Waals surface area contributed by atoms with Gasteiger partial charge in [-0.05, 0) is 48.2 Å². The van der Waals surface area contributed by atoms with Crippen LogP contribution in [-0.4, -0.2) is 19.7 Å². The van der Waals surface area contributed by atoms with Crippen molar-refractivity contribution >= 4 is 34.3 Å². The van der Waals surface area contributed by atoms with Gasteiger partial charge in [0.2, 0.25) is 5.82 Å². The van der Waals surface area contributed by atoms with Gasteiger partial charge in [-0.3, -0.25) is 4.57 Å². The summed E-state index contributed by atoms with van der Waals surface area (Å²) < 4.78 is 7.32. The molecule has 0 fully saturated rings. The molecule has 6 nitrogen and oxygen atoms in total. The molecular weight excluding hydrogens is 382 g/mol. The maximum atomic E-state index is 9.50. The lowest BCUT2D eigenvalue weighted by atomic mass is 10.1. The van der Waals surface area contributed by atoms with E-state index in [1.807, 2.05) is 10.6 Å². The van der Waals surface area contributed by atoms with Crippen molar-refractivity contribution < 1.29 is 4.42 Å². The Labute approximate surface area is 164 Å². The van der Waals surface area contributed by atoms with E-state index < -0.39 is 0 Å². The highest BCUT2D eigenvalue weighted by Gasteiger charge is 2.17. The van der Waals surface area contributed by atoms with Crippen molar-refractivity contribution in [3.8, 4) is 17.7 Å². The molecule has 0 radical (unpaired) electrons. The predicted molar refractivity (Wildman–Crippen MR) is 104 cm³/mol. The van der Waals surface area contributed by atoms with Crippen LogP contribution >= 0.6 is 23.4 Å². The molecule has 3 aromatic heterocycles. The Bertz CT molecular complexity index is 1180. The summed E-state index contributed by atoms with van der Waals surface area (Å²) in [5.41, 5.74) is 1.20. The number of nitriles is 1. The molecule has 8 heteroatoms. The normalized spacial score (nSPS) is 10.8. The summed E-state index contributed by atoms with van der Waals surface area (Å²) in [7, 11) is 0. The number of hydrogen-bond donors (Lipinski definition) is 0. The molecule has 0 spiro atoms. The fourth-order valence-electron chi connectivity index (χ4n) is 2.66. The van der Waals surface area contributed by atoms with Gasteiger partial charge in [0.25, 0.3) is 0 Å². The van der Waals surface area contributed by atoms with Crippen molar-refractivity contribution in [2.24, 2.45) is 0 Å². The Balaban J connectivity index is 1.77. The molecule has 0 aliphatic heterocycles. The first kappa shape index (κ1) is 17.3. The highest BCUT2D eigenvalue weighted by Crippen LogP contribution is 2.32. The fourth-order valence-corrected chi connectivity index (χ4v) is 3.69. The number of nitrogens with zero attached hydrogens (tertiary/aromatic N) is 5. The Hall–Kier alpha value is -3.08. The first-order valence-corrected chi connectivity index (χ1v) is 9.15. The maximum absolute atomic E-state index is 9.50. The van der Waals surface area contributed by atoms with Crippen LogP contribution in [0.1, 0.15) is 5.56 Å². The van der Waals surface area contributed by atoms with Crippen LogP contribution in [0, 0.1) is 11.3 Å². The van der Waals surface area contributed by atoms with Crippen LogP contribution in [0.15, 0.2) is 69.9 Å². The lowest BCUT2D eigenvalue weighted by Gasteiger charge is -2.07. The second-order valence-corrected chi connectivity index (χ2v) is 6.99. The minimum absolute atomic E-state index is 0.506. The Morgan fingerprint density at radius 1 is 1.30 bits per heavy atom. The Kier molecular flexibility index (Phi) is 4.67. The summed E-state index contributed by atoms with van der Waals surface area (Å²) in [6, 6.07) is 12.8. The van der Waals surface area contributed by atoms with Crippen LogP contribution in [0.4, 0.5) is 0 Å². The summed E-state index contributed by atoms with van der Waals surface area (Å²) >= 11 is 7.37. The van der Waals surface area contributed by atoms with E-state index in [0.717, 1.165) is 5.39 Å². The van der Waals surface area contributed by atoms with E-state index in [1.165, 1.54) is 11.8 Å². The van der Waals surface area contributed by atoms with E-state index in [2.05, 4.69) is 27.8 Å². The zero-order valence-electron chi connectivity index (χ0n) is 14.0. The van der Waals surface area contributed by atoms with Crippen LogP contribution in [0.2, 0.25) is 5.02 Å². The predicted octanol–water partition coefficient (Wildman–Crippen LogP) is 4.95. The van der Waals surface area contributed by atoms with Crippen molar-refractivity contribution in [1.29, 1.82) is 5.26 Å². The minimum Gasteiger partial charge on any atom is -0.461 e. The van der Waals surface area contributed by atoms with Crippen molar-refractivity contribution in [1.82, 2.24) is 19.7 Å². The molecular formula is C19H12ClN5OS. The highest BCUT2D eigenvalue weighted by atomic mass is 35.5. The van der Waals surface area contributed by atoms with Crippen LogP contribution in [0.5, 0.6) is 0 Å². The van der Waals surface area contributed by atoms with Gasteiger partial charge in [0, 0.05) is 17.0 Å². The third kappa shape index (κ3) is 3.33. The zero-order chi connectivity index (χ0) is 18.8. The standard InChI is InChI=1S/C19H12ClN5OS/c1-2-7-25-18(16-4-3-8-26-16)23-24-19(25)27-17-9-12(11-21)14-10-13(20)5-6-15(14)22-17/h2-6,8-10H,1,7H2. The van der Waals surface area contributed by atoms with E-state index in [0.29, 0.717) is 44.4 Å². The summed E-state index contributed by atoms with van der Waals surface area (Å²) in [6.07, 6.45) is 3.35. The largest absolute Gasteiger partial charge is 0.461 e. The van der Waals surface area contributed by atoms with Crippen molar-refractivity contribution in [3.63, 3.8) is 0 Å². The van der Waals surface area contributed by atoms with Gasteiger partial charge in [-0.15, -0.1) is 16.8 Å². The molecule has 0 aliphatic carbocycles. The minimum atomic E-state index is 0.506. The number of furan rings is 1. The van der Waals surface area contributed by atoms with E-state index in [4.69, 9.17) is 16.0 Å². The summed E-state index contributed by atoms with van der Waals surface area (Å²) in [5, 5.41) is 20.5. The number of halogens is 1. The van der Waals surface area contributed by atoms with Gasteiger partial charge < -0.3 is 4.42 Å². The molecule has 0 N–H and O–H groups in total. The second-order valence-electron chi connectivity index (χ2n) is 5.57. The third-order valence-electron chi connectivity index (χ3n) is 3.83. The average Bonchev–Trinajstić information content (AvgIpc) is 3.32. The lowest BCUT2D eigenvalue weighted by Crippen LogP contribution is -2.00. The van der Waals surface area contributed by atoms with Crippen LogP contribution < -0.4 is 0 Å². The van der Waals surface area contributed by atoms with Crippen molar-refractivity contribution in [3.05, 3.63) is 65.9 Å². The Morgan fingerprint density at radius 2 is 2.19 bits per heavy atom. The smallest absolute Gasteiger partial charge is 0.200 e. The van der Waals surface area contributed by atoms with E-state index >= 15 is 0 Å².